The molecule has 0 unspecified atom stereocenters. The van der Waals surface area contributed by atoms with E-state index in [1.165, 1.54) is 6.42 Å². The van der Waals surface area contributed by atoms with Crippen molar-refractivity contribution in [3.63, 3.8) is 0 Å². The number of carbonyl (C=O) groups excluding carboxylic acids is 1. The van der Waals surface area contributed by atoms with E-state index in [9.17, 15) is 4.79 Å². The third-order valence-corrected chi connectivity index (χ3v) is 2.92. The SMILES string of the molecule is CCCN(CC)CCNCC(=O)NCCC(C)C. The van der Waals surface area contributed by atoms with Gasteiger partial charge in [0.1, 0.15) is 0 Å². The first kappa shape index (κ1) is 17.4. The molecule has 0 aromatic carbocycles. The van der Waals surface area contributed by atoms with Crippen molar-refractivity contribution in [1.82, 2.24) is 15.5 Å². The van der Waals surface area contributed by atoms with Crippen LogP contribution in [0.1, 0.15) is 40.5 Å². The molecule has 0 fully saturated rings. The highest BCUT2D eigenvalue weighted by Crippen LogP contribution is 1.95. The van der Waals surface area contributed by atoms with Crippen LogP contribution in [0.3, 0.4) is 0 Å². The van der Waals surface area contributed by atoms with Crippen molar-refractivity contribution in [3.8, 4) is 0 Å². The quantitative estimate of drug-likeness (QED) is 0.551. The van der Waals surface area contributed by atoms with Crippen LogP contribution in [-0.4, -0.2) is 50.1 Å². The number of likely N-dealkylation sites (N-methyl/N-ethyl adjacent to an activating group) is 1. The van der Waals surface area contributed by atoms with Crippen molar-refractivity contribution in [2.75, 3.05) is 39.3 Å². The maximum atomic E-state index is 11.5. The van der Waals surface area contributed by atoms with E-state index < -0.39 is 0 Å². The van der Waals surface area contributed by atoms with E-state index in [0.717, 1.165) is 39.1 Å². The summed E-state index contributed by atoms with van der Waals surface area (Å²) in [4.78, 5) is 13.9. The van der Waals surface area contributed by atoms with Gasteiger partial charge in [0.05, 0.1) is 6.54 Å². The van der Waals surface area contributed by atoms with E-state index >= 15 is 0 Å². The van der Waals surface area contributed by atoms with Crippen LogP contribution in [0.2, 0.25) is 0 Å². The molecule has 4 heteroatoms. The molecule has 0 atom stereocenters. The van der Waals surface area contributed by atoms with E-state index in [1.807, 2.05) is 0 Å². The molecule has 0 rings (SSSR count). The molecule has 1 amide bonds. The lowest BCUT2D eigenvalue weighted by molar-refractivity contribution is -0.120. The molecule has 0 aliphatic rings. The molecule has 4 nitrogen and oxygen atoms in total. The van der Waals surface area contributed by atoms with Crippen molar-refractivity contribution < 1.29 is 4.79 Å². The van der Waals surface area contributed by atoms with Gasteiger partial charge in [0.15, 0.2) is 0 Å². The second-order valence-electron chi connectivity index (χ2n) is 5.14. The number of carbonyl (C=O) groups is 1. The summed E-state index contributed by atoms with van der Waals surface area (Å²) in [5.41, 5.74) is 0. The Morgan fingerprint density at radius 1 is 1.17 bits per heavy atom. The number of hydrogen-bond donors (Lipinski definition) is 2. The predicted molar refractivity (Wildman–Crippen MR) is 77.7 cm³/mol. The van der Waals surface area contributed by atoms with Crippen molar-refractivity contribution in [2.45, 2.75) is 40.5 Å². The summed E-state index contributed by atoms with van der Waals surface area (Å²) in [6, 6.07) is 0. The third kappa shape index (κ3) is 10.5. The lowest BCUT2D eigenvalue weighted by Crippen LogP contribution is -2.38. The molecule has 0 aliphatic carbocycles. The van der Waals surface area contributed by atoms with E-state index in [2.05, 4.69) is 43.2 Å². The Bertz CT molecular complexity index is 207. The molecule has 108 valence electrons. The summed E-state index contributed by atoms with van der Waals surface area (Å²) in [7, 11) is 0. The van der Waals surface area contributed by atoms with Crippen molar-refractivity contribution in [1.29, 1.82) is 0 Å². The Kier molecular flexibility index (Phi) is 11.1. The molecule has 18 heavy (non-hydrogen) atoms. The van der Waals surface area contributed by atoms with Crippen molar-refractivity contribution in [2.24, 2.45) is 5.92 Å². The fourth-order valence-electron chi connectivity index (χ4n) is 1.75. The van der Waals surface area contributed by atoms with Gasteiger partial charge in [-0.3, -0.25) is 4.79 Å². The van der Waals surface area contributed by atoms with Gasteiger partial charge in [-0.1, -0.05) is 27.7 Å². The molecule has 0 bridgehead atoms. The Morgan fingerprint density at radius 3 is 2.44 bits per heavy atom. The number of nitrogens with one attached hydrogen (secondary N) is 2. The molecule has 0 spiro atoms. The summed E-state index contributed by atoms with van der Waals surface area (Å²) in [5, 5.41) is 6.12. The maximum Gasteiger partial charge on any atom is 0.233 e. The van der Waals surface area contributed by atoms with Crippen LogP contribution in [0.4, 0.5) is 0 Å². The minimum absolute atomic E-state index is 0.106. The largest absolute Gasteiger partial charge is 0.355 e. The minimum atomic E-state index is 0.106. The molecule has 0 aromatic heterocycles. The van der Waals surface area contributed by atoms with E-state index in [1.54, 1.807) is 0 Å². The molecule has 0 aromatic rings. The topological polar surface area (TPSA) is 44.4 Å². The fourth-order valence-corrected chi connectivity index (χ4v) is 1.75. The summed E-state index contributed by atoms with van der Waals surface area (Å²) < 4.78 is 0. The Balaban J connectivity index is 3.44. The van der Waals surface area contributed by atoms with Crippen molar-refractivity contribution >= 4 is 5.91 Å². The van der Waals surface area contributed by atoms with Gasteiger partial charge in [-0.15, -0.1) is 0 Å². The second kappa shape index (κ2) is 11.5. The zero-order chi connectivity index (χ0) is 13.8. The van der Waals surface area contributed by atoms with Gasteiger partial charge in [-0.25, -0.2) is 0 Å². The smallest absolute Gasteiger partial charge is 0.233 e. The van der Waals surface area contributed by atoms with Crippen LogP contribution in [0.5, 0.6) is 0 Å². The van der Waals surface area contributed by atoms with Gasteiger partial charge < -0.3 is 15.5 Å². The van der Waals surface area contributed by atoms with Crippen LogP contribution in [0.25, 0.3) is 0 Å². The highest BCUT2D eigenvalue weighted by Gasteiger charge is 2.02. The number of rotatable bonds is 11. The Hall–Kier alpha value is -0.610. The van der Waals surface area contributed by atoms with E-state index in [4.69, 9.17) is 0 Å². The lowest BCUT2D eigenvalue weighted by atomic mass is 10.1. The Morgan fingerprint density at radius 2 is 1.89 bits per heavy atom. The summed E-state index contributed by atoms with van der Waals surface area (Å²) in [5.74, 6) is 0.750. The number of hydrogen-bond acceptors (Lipinski definition) is 3. The first-order valence-electron chi connectivity index (χ1n) is 7.29. The molecular weight excluding hydrogens is 226 g/mol. The van der Waals surface area contributed by atoms with Crippen LogP contribution in [0.15, 0.2) is 0 Å². The average molecular weight is 257 g/mol. The highest BCUT2D eigenvalue weighted by atomic mass is 16.1. The van der Waals surface area contributed by atoms with Crippen molar-refractivity contribution in [3.05, 3.63) is 0 Å². The van der Waals surface area contributed by atoms with Gasteiger partial charge in [-0.2, -0.15) is 0 Å². The Labute approximate surface area is 113 Å². The van der Waals surface area contributed by atoms with Gasteiger partial charge >= 0.3 is 0 Å². The van der Waals surface area contributed by atoms with E-state index in [0.29, 0.717) is 12.5 Å². The number of amides is 1. The lowest BCUT2D eigenvalue weighted by Gasteiger charge is -2.19. The summed E-state index contributed by atoms with van der Waals surface area (Å²) in [6.45, 7) is 14.0. The molecule has 0 heterocycles. The summed E-state index contributed by atoms with van der Waals surface area (Å²) >= 11 is 0. The monoisotopic (exact) mass is 257 g/mol. The zero-order valence-electron chi connectivity index (χ0n) is 12.6. The molecular formula is C14H31N3O. The average Bonchev–Trinajstić information content (AvgIpc) is 2.32. The first-order chi connectivity index (χ1) is 8.60. The van der Waals surface area contributed by atoms with Crippen LogP contribution in [-0.2, 0) is 4.79 Å². The minimum Gasteiger partial charge on any atom is -0.355 e. The predicted octanol–water partition coefficient (Wildman–Crippen LogP) is 1.47. The maximum absolute atomic E-state index is 11.5. The molecule has 0 radical (unpaired) electrons. The first-order valence-corrected chi connectivity index (χ1v) is 7.29. The summed E-state index contributed by atoms with van der Waals surface area (Å²) in [6.07, 6.45) is 2.23. The standard InChI is InChI=1S/C14H31N3O/c1-5-10-17(6-2)11-9-15-12-14(18)16-8-7-13(3)4/h13,15H,5-12H2,1-4H3,(H,16,18). The van der Waals surface area contributed by atoms with E-state index in [-0.39, 0.29) is 5.91 Å². The fraction of sp³-hybridized carbons (Fsp3) is 0.929. The van der Waals surface area contributed by atoms with Crippen LogP contribution < -0.4 is 10.6 Å². The van der Waals surface area contributed by atoms with Crippen LogP contribution in [0, 0.1) is 5.92 Å². The molecule has 0 saturated carbocycles. The van der Waals surface area contributed by atoms with Crippen LogP contribution >= 0.6 is 0 Å². The number of nitrogens with zero attached hydrogens (tertiary/aromatic N) is 1. The second-order valence-corrected chi connectivity index (χ2v) is 5.14. The zero-order valence-corrected chi connectivity index (χ0v) is 12.6. The van der Waals surface area contributed by atoms with Gasteiger partial charge in [-0.05, 0) is 31.8 Å². The molecule has 2 N–H and O–H groups in total. The molecule has 0 aliphatic heterocycles. The normalized spacial score (nSPS) is 11.2. The van der Waals surface area contributed by atoms with Gasteiger partial charge in [0, 0.05) is 19.6 Å². The van der Waals surface area contributed by atoms with Gasteiger partial charge in [0.2, 0.25) is 5.91 Å². The molecule has 0 saturated heterocycles. The highest BCUT2D eigenvalue weighted by molar-refractivity contribution is 5.77. The third-order valence-electron chi connectivity index (χ3n) is 2.92. The van der Waals surface area contributed by atoms with Gasteiger partial charge in [0.25, 0.3) is 0 Å².